The third-order valence-electron chi connectivity index (χ3n) is 8.58. The first-order chi connectivity index (χ1) is 20.7. The Balaban J connectivity index is 1.31. The number of carbonyl (C=O) groups excluding carboxylic acids is 2. The van der Waals surface area contributed by atoms with Gasteiger partial charge in [-0.3, -0.25) is 14.4 Å². The summed E-state index contributed by atoms with van der Waals surface area (Å²) in [6.07, 6.45) is 2.35. The van der Waals surface area contributed by atoms with Crippen LogP contribution in [-0.2, 0) is 33.5 Å². The van der Waals surface area contributed by atoms with Gasteiger partial charge in [0.25, 0.3) is 5.56 Å². The number of anilines is 1. The number of amides is 1. The Kier molecular flexibility index (Phi) is 8.78. The van der Waals surface area contributed by atoms with Crippen molar-refractivity contribution < 1.29 is 27.5 Å². The van der Waals surface area contributed by atoms with Crippen molar-refractivity contribution in [3.8, 4) is 0 Å². The molecule has 1 atom stereocenters. The number of ether oxygens (including phenoxy) is 1. The summed E-state index contributed by atoms with van der Waals surface area (Å²) in [5.74, 6) is -0.536. The lowest BCUT2D eigenvalue weighted by atomic mass is 9.83. The van der Waals surface area contributed by atoms with Crippen LogP contribution in [-0.4, -0.2) is 22.0 Å². The summed E-state index contributed by atoms with van der Waals surface area (Å²) >= 11 is 0. The van der Waals surface area contributed by atoms with E-state index in [4.69, 9.17) is 4.74 Å². The number of hydrogen-bond acceptors (Lipinski definition) is 4. The molecule has 44 heavy (non-hydrogen) atoms. The second-order valence-electron chi connectivity index (χ2n) is 13.3. The molecule has 9 heteroatoms. The molecule has 1 aromatic heterocycles. The molecule has 2 aliphatic carbocycles. The van der Waals surface area contributed by atoms with Crippen molar-refractivity contribution in [2.24, 2.45) is 11.3 Å². The molecule has 6 nitrogen and oxygen atoms in total. The van der Waals surface area contributed by atoms with Crippen LogP contribution in [0.1, 0.15) is 87.5 Å². The Morgan fingerprint density at radius 2 is 1.66 bits per heavy atom. The molecule has 3 aromatic rings. The van der Waals surface area contributed by atoms with Gasteiger partial charge in [-0.25, -0.2) is 0 Å². The van der Waals surface area contributed by atoms with Gasteiger partial charge in [0.15, 0.2) is 0 Å². The van der Waals surface area contributed by atoms with E-state index in [1.54, 1.807) is 12.1 Å². The van der Waals surface area contributed by atoms with E-state index >= 15 is 0 Å². The average molecular weight is 609 g/mol. The third kappa shape index (κ3) is 7.60. The minimum Gasteiger partial charge on any atom is -0.460 e. The molecule has 2 aromatic carbocycles. The van der Waals surface area contributed by atoms with Gasteiger partial charge >= 0.3 is 12.1 Å². The minimum absolute atomic E-state index is 0.0130. The van der Waals surface area contributed by atoms with Crippen LogP contribution in [0.2, 0.25) is 0 Å². The number of rotatable bonds is 9. The van der Waals surface area contributed by atoms with Crippen LogP contribution < -0.4 is 10.9 Å². The molecule has 2 aliphatic rings. The zero-order valence-electron chi connectivity index (χ0n) is 25.4. The summed E-state index contributed by atoms with van der Waals surface area (Å²) in [6.45, 7) is 5.58. The summed E-state index contributed by atoms with van der Waals surface area (Å²) in [4.78, 5) is 38.9. The molecule has 0 bridgehead atoms. The number of alkyl halides is 3. The van der Waals surface area contributed by atoms with E-state index in [0.717, 1.165) is 72.5 Å². The second-order valence-corrected chi connectivity index (χ2v) is 13.3. The molecule has 0 saturated heterocycles. The Morgan fingerprint density at radius 1 is 0.977 bits per heavy atom. The molecule has 5 rings (SSSR count). The number of benzene rings is 2. The Labute approximate surface area is 255 Å². The lowest BCUT2D eigenvalue weighted by Crippen LogP contribution is -2.30. The van der Waals surface area contributed by atoms with Gasteiger partial charge in [0, 0.05) is 18.0 Å². The zero-order chi connectivity index (χ0) is 31.7. The predicted octanol–water partition coefficient (Wildman–Crippen LogP) is 7.49. The molecule has 234 valence electrons. The standard InChI is InChI=1S/C35H39F3N2O4/c1-33(2,3)44-32(43)34(17-18-34)20-24-7-6-10-28(19-24)39-31(42)30(25-8-4-5-9-25)26-13-11-23(12-14-26)21-40-22-27(35(36,37)38)15-16-29(40)41/h6-7,10-16,19,22,25,30H,4-5,8-9,17-18,20-21H2,1-3H3,(H,39,42)/t30-/m0/s1. The van der Waals surface area contributed by atoms with Gasteiger partial charge < -0.3 is 14.6 Å². The number of halogens is 3. The maximum absolute atomic E-state index is 13.8. The zero-order valence-corrected chi connectivity index (χ0v) is 25.4. The van der Waals surface area contributed by atoms with Crippen LogP contribution in [0.15, 0.2) is 71.7 Å². The predicted molar refractivity (Wildman–Crippen MR) is 162 cm³/mol. The monoisotopic (exact) mass is 608 g/mol. The lowest BCUT2D eigenvalue weighted by molar-refractivity contribution is -0.161. The number of esters is 1. The molecule has 0 radical (unpaired) electrons. The highest BCUT2D eigenvalue weighted by Crippen LogP contribution is 2.50. The van der Waals surface area contributed by atoms with Gasteiger partial charge in [0.05, 0.1) is 23.4 Å². The van der Waals surface area contributed by atoms with Crippen molar-refractivity contribution in [3.05, 3.63) is 99.5 Å². The molecular weight excluding hydrogens is 569 g/mol. The van der Waals surface area contributed by atoms with Gasteiger partial charge in [0.1, 0.15) is 5.60 Å². The van der Waals surface area contributed by atoms with Crippen molar-refractivity contribution >= 4 is 17.6 Å². The fourth-order valence-electron chi connectivity index (χ4n) is 6.14. The van der Waals surface area contributed by atoms with Gasteiger partial charge in [-0.05, 0) is 93.7 Å². The van der Waals surface area contributed by atoms with Crippen molar-refractivity contribution in [3.63, 3.8) is 0 Å². The van der Waals surface area contributed by atoms with Crippen molar-refractivity contribution in [2.45, 2.75) is 90.0 Å². The molecule has 0 unspecified atom stereocenters. The largest absolute Gasteiger partial charge is 0.460 e. The normalized spacial score (nSPS) is 17.2. The first-order valence-electron chi connectivity index (χ1n) is 15.2. The van der Waals surface area contributed by atoms with Gasteiger partial charge in [-0.2, -0.15) is 13.2 Å². The quantitative estimate of drug-likeness (QED) is 0.255. The number of nitrogens with zero attached hydrogens (tertiary/aromatic N) is 1. The highest BCUT2D eigenvalue weighted by Gasteiger charge is 2.52. The molecule has 1 amide bonds. The first kappa shape index (κ1) is 31.5. The van der Waals surface area contributed by atoms with Crippen molar-refractivity contribution in [1.29, 1.82) is 0 Å². The van der Waals surface area contributed by atoms with Crippen LogP contribution >= 0.6 is 0 Å². The smallest absolute Gasteiger partial charge is 0.417 e. The highest BCUT2D eigenvalue weighted by atomic mass is 19.4. The van der Waals surface area contributed by atoms with E-state index in [1.165, 1.54) is 0 Å². The van der Waals surface area contributed by atoms with Gasteiger partial charge in [-0.15, -0.1) is 0 Å². The van der Waals surface area contributed by atoms with Gasteiger partial charge in [0.2, 0.25) is 5.91 Å². The van der Waals surface area contributed by atoms with E-state index in [2.05, 4.69) is 5.32 Å². The van der Waals surface area contributed by atoms with E-state index in [0.29, 0.717) is 17.7 Å². The SMILES string of the molecule is CC(C)(C)OC(=O)C1(Cc2cccc(NC(=O)[C@H](c3ccc(Cn4cc(C(F)(F)F)ccc4=O)cc3)C3CCCC3)c2)CC1. The van der Waals surface area contributed by atoms with Crippen LogP contribution in [0.5, 0.6) is 0 Å². The molecular formula is C35H39F3N2O4. The summed E-state index contributed by atoms with van der Waals surface area (Å²) in [5, 5.41) is 3.11. The Hall–Kier alpha value is -3.88. The maximum Gasteiger partial charge on any atom is 0.417 e. The van der Waals surface area contributed by atoms with Crippen LogP contribution in [0.4, 0.5) is 18.9 Å². The highest BCUT2D eigenvalue weighted by molar-refractivity contribution is 5.96. The number of hydrogen-bond donors (Lipinski definition) is 1. The first-order valence-corrected chi connectivity index (χ1v) is 15.2. The third-order valence-corrected chi connectivity index (χ3v) is 8.58. The number of carbonyl (C=O) groups is 2. The van der Waals surface area contributed by atoms with Crippen LogP contribution in [0.25, 0.3) is 0 Å². The summed E-state index contributed by atoms with van der Waals surface area (Å²) < 4.78 is 46.2. The van der Waals surface area contributed by atoms with Crippen LogP contribution in [0, 0.1) is 11.3 Å². The number of nitrogens with one attached hydrogen (secondary N) is 1. The van der Waals surface area contributed by atoms with Crippen molar-refractivity contribution in [1.82, 2.24) is 4.57 Å². The molecule has 0 spiro atoms. The van der Waals surface area contributed by atoms with E-state index < -0.39 is 34.2 Å². The summed E-state index contributed by atoms with van der Waals surface area (Å²) in [7, 11) is 0. The Morgan fingerprint density at radius 3 is 2.27 bits per heavy atom. The maximum atomic E-state index is 13.8. The molecule has 1 heterocycles. The molecule has 0 aliphatic heterocycles. The molecule has 1 N–H and O–H groups in total. The fraction of sp³-hybridized carbons (Fsp3) is 0.457. The summed E-state index contributed by atoms with van der Waals surface area (Å²) in [5.41, 5.74) is 0.641. The van der Waals surface area contributed by atoms with E-state index in [1.807, 2.05) is 57.2 Å². The fourth-order valence-corrected chi connectivity index (χ4v) is 6.14. The molecule has 2 saturated carbocycles. The molecule has 2 fully saturated rings. The van der Waals surface area contributed by atoms with Crippen LogP contribution in [0.3, 0.4) is 0 Å². The van der Waals surface area contributed by atoms with E-state index in [9.17, 15) is 27.6 Å². The number of pyridine rings is 1. The Bertz CT molecular complexity index is 1560. The lowest BCUT2D eigenvalue weighted by Gasteiger charge is -2.24. The van der Waals surface area contributed by atoms with Crippen molar-refractivity contribution in [2.75, 3.05) is 5.32 Å². The average Bonchev–Trinajstić information content (AvgIpc) is 3.53. The topological polar surface area (TPSA) is 77.4 Å². The number of aromatic nitrogens is 1. The summed E-state index contributed by atoms with van der Waals surface area (Å²) in [6, 6.07) is 16.5. The second kappa shape index (κ2) is 12.3. The van der Waals surface area contributed by atoms with E-state index in [-0.39, 0.29) is 24.3 Å². The van der Waals surface area contributed by atoms with Gasteiger partial charge in [-0.1, -0.05) is 49.2 Å². The minimum atomic E-state index is -4.54.